The van der Waals surface area contributed by atoms with E-state index in [9.17, 15) is 22.8 Å². The molecule has 11 heteroatoms. The summed E-state index contributed by atoms with van der Waals surface area (Å²) in [5.41, 5.74) is -1.02. The smallest absolute Gasteiger partial charge is 0.360 e. The van der Waals surface area contributed by atoms with Crippen LogP contribution in [0.25, 0.3) is 0 Å². The predicted octanol–water partition coefficient (Wildman–Crippen LogP) is 0.268. The van der Waals surface area contributed by atoms with E-state index in [1.54, 1.807) is 4.72 Å². The van der Waals surface area contributed by atoms with Gasteiger partial charge in [-0.3, -0.25) is 4.57 Å². The highest BCUT2D eigenvalue weighted by Crippen LogP contribution is 2.16. The first kappa shape index (κ1) is 19.4. The molecule has 0 fully saturated rings. The van der Waals surface area contributed by atoms with Crippen LogP contribution in [0.5, 0.6) is 0 Å². The molecule has 26 heavy (non-hydrogen) atoms. The molecule has 0 radical (unpaired) electrons. The SMILES string of the molecule is CCCc1nn(C(=O)NS(=O)(=O)c2ccccc2C(=O)OC)c(=O)n1C. The molecule has 2 rings (SSSR count). The number of benzene rings is 1. The van der Waals surface area contributed by atoms with Crippen molar-refractivity contribution in [1.82, 2.24) is 19.1 Å². The van der Waals surface area contributed by atoms with Crippen LogP contribution in [0, 0.1) is 0 Å². The number of aromatic nitrogens is 3. The topological polar surface area (TPSA) is 129 Å². The highest BCUT2D eigenvalue weighted by Gasteiger charge is 2.27. The highest BCUT2D eigenvalue weighted by molar-refractivity contribution is 7.90. The van der Waals surface area contributed by atoms with E-state index < -0.39 is 32.6 Å². The third kappa shape index (κ3) is 3.67. The first-order valence-corrected chi connectivity index (χ1v) is 9.10. The predicted molar refractivity (Wildman–Crippen MR) is 90.4 cm³/mol. The van der Waals surface area contributed by atoms with Gasteiger partial charge in [-0.05, 0) is 18.6 Å². The van der Waals surface area contributed by atoms with Crippen LogP contribution in [0.4, 0.5) is 4.79 Å². The summed E-state index contributed by atoms with van der Waals surface area (Å²) in [6.07, 6.45) is 1.14. The van der Waals surface area contributed by atoms with Gasteiger partial charge in [-0.25, -0.2) is 27.5 Å². The first-order valence-electron chi connectivity index (χ1n) is 7.62. The van der Waals surface area contributed by atoms with Gasteiger partial charge in [0, 0.05) is 13.5 Å². The number of nitrogens with one attached hydrogen (secondary N) is 1. The van der Waals surface area contributed by atoms with Gasteiger partial charge in [0.25, 0.3) is 10.0 Å². The maximum atomic E-state index is 12.5. The Kier molecular flexibility index (Phi) is 5.60. The maximum absolute atomic E-state index is 12.5. The number of hydrogen-bond acceptors (Lipinski definition) is 7. The Morgan fingerprint density at radius 2 is 1.92 bits per heavy atom. The lowest BCUT2D eigenvalue weighted by atomic mass is 10.2. The molecule has 0 aliphatic carbocycles. The molecular weight excluding hydrogens is 364 g/mol. The molecule has 140 valence electrons. The number of sulfonamides is 1. The van der Waals surface area contributed by atoms with Gasteiger partial charge in [0.1, 0.15) is 10.7 Å². The summed E-state index contributed by atoms with van der Waals surface area (Å²) in [6, 6.07) is 3.99. The fourth-order valence-corrected chi connectivity index (χ4v) is 3.37. The molecule has 0 spiro atoms. The van der Waals surface area contributed by atoms with Crippen molar-refractivity contribution in [2.45, 2.75) is 24.7 Å². The molecule has 0 bridgehead atoms. The number of carbonyl (C=O) groups is 2. The monoisotopic (exact) mass is 382 g/mol. The Balaban J connectivity index is 2.40. The van der Waals surface area contributed by atoms with Crippen LogP contribution in [0.3, 0.4) is 0 Å². The van der Waals surface area contributed by atoms with Crippen molar-refractivity contribution in [3.8, 4) is 0 Å². The lowest BCUT2D eigenvalue weighted by molar-refractivity contribution is 0.0596. The molecule has 0 atom stereocenters. The number of aryl methyl sites for hydroxylation is 1. The van der Waals surface area contributed by atoms with Crippen molar-refractivity contribution < 1.29 is 22.7 Å². The molecule has 1 amide bonds. The van der Waals surface area contributed by atoms with E-state index in [4.69, 9.17) is 0 Å². The van der Waals surface area contributed by atoms with Gasteiger partial charge in [0.15, 0.2) is 0 Å². The van der Waals surface area contributed by atoms with Crippen molar-refractivity contribution >= 4 is 22.0 Å². The number of ether oxygens (including phenoxy) is 1. The standard InChI is InChI=1S/C15H18N4O6S/c1-4-7-12-16-19(15(22)18(12)2)14(21)17-26(23,24)11-9-6-5-8-10(11)13(20)25-3/h5-6,8-9H,4,7H2,1-3H3,(H,17,21). The third-order valence-corrected chi connectivity index (χ3v) is 4.92. The molecule has 2 aromatic rings. The average Bonchev–Trinajstić information content (AvgIpc) is 2.89. The molecule has 1 aromatic heterocycles. The second-order valence-electron chi connectivity index (χ2n) is 5.32. The second kappa shape index (κ2) is 7.52. The van der Waals surface area contributed by atoms with Crippen molar-refractivity contribution in [3.63, 3.8) is 0 Å². The van der Waals surface area contributed by atoms with Gasteiger partial charge in [0.2, 0.25) is 0 Å². The summed E-state index contributed by atoms with van der Waals surface area (Å²) in [4.78, 5) is 35.6. The second-order valence-corrected chi connectivity index (χ2v) is 6.97. The van der Waals surface area contributed by atoms with Gasteiger partial charge in [0.05, 0.1) is 12.7 Å². The number of carbonyl (C=O) groups excluding carboxylic acids is 2. The Hall–Kier alpha value is -2.95. The number of hydrogen-bond donors (Lipinski definition) is 1. The molecule has 0 saturated carbocycles. The Morgan fingerprint density at radius 3 is 2.54 bits per heavy atom. The van der Waals surface area contributed by atoms with Crippen LogP contribution >= 0.6 is 0 Å². The van der Waals surface area contributed by atoms with Gasteiger partial charge >= 0.3 is 17.7 Å². The summed E-state index contributed by atoms with van der Waals surface area (Å²) < 4.78 is 32.9. The van der Waals surface area contributed by atoms with Gasteiger partial charge in [-0.2, -0.15) is 0 Å². The fourth-order valence-electron chi connectivity index (χ4n) is 2.24. The van der Waals surface area contributed by atoms with Crippen LogP contribution in [-0.2, 0) is 28.2 Å². The molecule has 0 aliphatic rings. The van der Waals surface area contributed by atoms with Crippen LogP contribution in [0.15, 0.2) is 34.0 Å². The zero-order valence-corrected chi connectivity index (χ0v) is 15.2. The summed E-state index contributed by atoms with van der Waals surface area (Å²) in [5.74, 6) is -0.529. The number of nitrogens with zero attached hydrogens (tertiary/aromatic N) is 3. The van der Waals surface area contributed by atoms with E-state index >= 15 is 0 Å². The van der Waals surface area contributed by atoms with Gasteiger partial charge in [-0.15, -0.1) is 9.78 Å². The zero-order chi connectivity index (χ0) is 19.5. The van der Waals surface area contributed by atoms with Crippen LogP contribution in [0.2, 0.25) is 0 Å². The molecule has 0 unspecified atom stereocenters. The number of rotatable bonds is 5. The minimum atomic E-state index is -4.44. The summed E-state index contributed by atoms with van der Waals surface area (Å²) in [7, 11) is -1.90. The van der Waals surface area contributed by atoms with Crippen molar-refractivity contribution in [2.75, 3.05) is 7.11 Å². The number of esters is 1. The molecule has 1 N–H and O–H groups in total. The van der Waals surface area contributed by atoms with Crippen LogP contribution in [0.1, 0.15) is 29.5 Å². The largest absolute Gasteiger partial charge is 0.465 e. The van der Waals surface area contributed by atoms with Crippen molar-refractivity contribution in [3.05, 3.63) is 46.1 Å². The molecule has 1 heterocycles. The zero-order valence-electron chi connectivity index (χ0n) is 14.4. The third-order valence-electron chi connectivity index (χ3n) is 3.54. The van der Waals surface area contributed by atoms with E-state index in [1.807, 2.05) is 6.92 Å². The highest BCUT2D eigenvalue weighted by atomic mass is 32.2. The summed E-state index contributed by atoms with van der Waals surface area (Å²) >= 11 is 0. The Labute approximate surface area is 149 Å². The molecular formula is C15H18N4O6S. The normalized spacial score (nSPS) is 11.2. The minimum Gasteiger partial charge on any atom is -0.465 e. The van der Waals surface area contributed by atoms with Gasteiger partial charge < -0.3 is 4.74 Å². The quantitative estimate of drug-likeness (QED) is 0.735. The van der Waals surface area contributed by atoms with E-state index in [1.165, 1.54) is 25.2 Å². The molecule has 0 saturated heterocycles. The Bertz CT molecular complexity index is 1010. The van der Waals surface area contributed by atoms with Gasteiger partial charge in [-0.1, -0.05) is 19.1 Å². The van der Waals surface area contributed by atoms with E-state index in [0.29, 0.717) is 23.3 Å². The maximum Gasteiger partial charge on any atom is 0.360 e. The van der Waals surface area contributed by atoms with E-state index in [-0.39, 0.29) is 5.56 Å². The number of amides is 1. The summed E-state index contributed by atoms with van der Waals surface area (Å²) in [5, 5.41) is 3.85. The molecule has 1 aromatic carbocycles. The van der Waals surface area contributed by atoms with E-state index in [0.717, 1.165) is 17.7 Å². The molecule has 0 aliphatic heterocycles. The minimum absolute atomic E-state index is 0.240. The summed E-state index contributed by atoms with van der Waals surface area (Å²) in [6.45, 7) is 1.87. The first-order chi connectivity index (χ1) is 12.2. The van der Waals surface area contributed by atoms with Crippen molar-refractivity contribution in [1.29, 1.82) is 0 Å². The lowest BCUT2D eigenvalue weighted by Crippen LogP contribution is -2.40. The average molecular weight is 382 g/mol. The lowest BCUT2D eigenvalue weighted by Gasteiger charge is -2.09. The number of methoxy groups -OCH3 is 1. The van der Waals surface area contributed by atoms with Crippen LogP contribution in [-0.4, -0.2) is 41.9 Å². The fraction of sp³-hybridized carbons (Fsp3) is 0.333. The van der Waals surface area contributed by atoms with Crippen molar-refractivity contribution in [2.24, 2.45) is 7.05 Å². The Morgan fingerprint density at radius 1 is 1.27 bits per heavy atom. The van der Waals surface area contributed by atoms with Crippen LogP contribution < -0.4 is 10.4 Å². The molecule has 10 nitrogen and oxygen atoms in total. The van der Waals surface area contributed by atoms with E-state index in [2.05, 4.69) is 9.84 Å².